The van der Waals surface area contributed by atoms with Crippen LogP contribution in [0.4, 0.5) is 8.78 Å². The summed E-state index contributed by atoms with van der Waals surface area (Å²) in [5, 5.41) is 1.00. The van der Waals surface area contributed by atoms with Gasteiger partial charge >= 0.3 is 0 Å². The summed E-state index contributed by atoms with van der Waals surface area (Å²) in [5.41, 5.74) is 0.592. The quantitative estimate of drug-likeness (QED) is 0.702. The summed E-state index contributed by atoms with van der Waals surface area (Å²) in [7, 11) is 0. The van der Waals surface area contributed by atoms with Crippen molar-refractivity contribution >= 4 is 22.5 Å². The van der Waals surface area contributed by atoms with Crippen molar-refractivity contribution in [2.75, 3.05) is 0 Å². The molecule has 14 heavy (non-hydrogen) atoms. The zero-order chi connectivity index (χ0) is 10.1. The summed E-state index contributed by atoms with van der Waals surface area (Å²) >= 11 is 5.85. The highest BCUT2D eigenvalue weighted by Gasteiger charge is 2.08. The number of rotatable bonds is 1. The minimum Gasteiger partial charge on any atom is -0.256 e. The van der Waals surface area contributed by atoms with E-state index in [4.69, 9.17) is 11.6 Å². The first-order valence-electron chi connectivity index (χ1n) is 4.01. The van der Waals surface area contributed by atoms with Crippen LogP contribution in [0.2, 0.25) is 5.02 Å². The van der Waals surface area contributed by atoms with Gasteiger partial charge in [0.15, 0.2) is 0 Å². The molecule has 0 aliphatic rings. The van der Waals surface area contributed by atoms with Gasteiger partial charge in [-0.25, -0.2) is 8.78 Å². The predicted molar refractivity (Wildman–Crippen MR) is 51.7 cm³/mol. The molecule has 1 aromatic heterocycles. The van der Waals surface area contributed by atoms with Crippen molar-refractivity contribution < 1.29 is 8.78 Å². The molecule has 0 aliphatic heterocycles. The molecule has 2 rings (SSSR count). The molecule has 0 atom stereocenters. The Labute approximate surface area is 84.3 Å². The van der Waals surface area contributed by atoms with Crippen LogP contribution in [0.15, 0.2) is 30.5 Å². The number of nitrogens with zero attached hydrogens (tertiary/aromatic N) is 1. The van der Waals surface area contributed by atoms with Crippen LogP contribution in [0.3, 0.4) is 0 Å². The molecule has 1 heterocycles. The number of alkyl halides is 2. The Balaban J connectivity index is 2.70. The van der Waals surface area contributed by atoms with Crippen molar-refractivity contribution in [3.63, 3.8) is 0 Å². The van der Waals surface area contributed by atoms with Gasteiger partial charge in [-0.05, 0) is 18.2 Å². The summed E-state index contributed by atoms with van der Waals surface area (Å²) in [6.45, 7) is 0. The van der Waals surface area contributed by atoms with E-state index in [1.54, 1.807) is 18.3 Å². The molecule has 1 nitrogen and oxygen atoms in total. The van der Waals surface area contributed by atoms with Crippen molar-refractivity contribution in [2.24, 2.45) is 0 Å². The molecule has 0 unspecified atom stereocenters. The predicted octanol–water partition coefficient (Wildman–Crippen LogP) is 3.83. The van der Waals surface area contributed by atoms with E-state index in [2.05, 4.69) is 4.98 Å². The van der Waals surface area contributed by atoms with Crippen molar-refractivity contribution in [1.82, 2.24) is 4.98 Å². The number of fused-ring (bicyclic) bond motifs is 1. The van der Waals surface area contributed by atoms with Crippen LogP contribution in [0.5, 0.6) is 0 Å². The summed E-state index contributed by atoms with van der Waals surface area (Å²) < 4.78 is 24.7. The molecular formula is C10H6ClF2N. The van der Waals surface area contributed by atoms with Gasteiger partial charge in [-0.15, -0.1) is 0 Å². The Morgan fingerprint density at radius 3 is 2.71 bits per heavy atom. The minimum absolute atomic E-state index is 0.0348. The summed E-state index contributed by atoms with van der Waals surface area (Å²) in [6, 6.07) is 5.85. The molecule has 0 amide bonds. The fraction of sp³-hybridized carbons (Fsp3) is 0.100. The zero-order valence-electron chi connectivity index (χ0n) is 7.05. The molecule has 1 aromatic carbocycles. The Hall–Kier alpha value is -1.22. The maximum atomic E-state index is 12.4. The van der Waals surface area contributed by atoms with E-state index in [9.17, 15) is 8.78 Å². The van der Waals surface area contributed by atoms with Crippen LogP contribution >= 0.6 is 11.6 Å². The Morgan fingerprint density at radius 2 is 2.00 bits per heavy atom. The van der Waals surface area contributed by atoms with E-state index < -0.39 is 6.43 Å². The highest BCUT2D eigenvalue weighted by molar-refractivity contribution is 6.35. The first kappa shape index (κ1) is 9.34. The fourth-order valence-corrected chi connectivity index (χ4v) is 1.47. The molecule has 0 bridgehead atoms. The SMILES string of the molecule is FC(F)c1ccc2nccc(Cl)c2c1. The number of hydrogen-bond acceptors (Lipinski definition) is 1. The Bertz CT molecular complexity index is 471. The number of pyridine rings is 1. The molecule has 0 fully saturated rings. The van der Waals surface area contributed by atoms with Crippen LogP contribution in [0.1, 0.15) is 12.0 Å². The third-order valence-corrected chi connectivity index (χ3v) is 2.29. The van der Waals surface area contributed by atoms with E-state index in [1.807, 2.05) is 0 Å². The third-order valence-electron chi connectivity index (χ3n) is 1.96. The topological polar surface area (TPSA) is 12.9 Å². The lowest BCUT2D eigenvalue weighted by atomic mass is 10.1. The highest BCUT2D eigenvalue weighted by Crippen LogP contribution is 2.26. The normalized spacial score (nSPS) is 11.1. The second-order valence-electron chi connectivity index (χ2n) is 2.87. The number of benzene rings is 1. The molecular weight excluding hydrogens is 208 g/mol. The van der Waals surface area contributed by atoms with Gasteiger partial charge in [0, 0.05) is 17.1 Å². The van der Waals surface area contributed by atoms with Gasteiger partial charge in [0.05, 0.1) is 10.5 Å². The lowest BCUT2D eigenvalue weighted by Crippen LogP contribution is -1.86. The minimum atomic E-state index is -2.48. The molecule has 0 radical (unpaired) electrons. The van der Waals surface area contributed by atoms with E-state index in [-0.39, 0.29) is 5.56 Å². The van der Waals surface area contributed by atoms with E-state index in [1.165, 1.54) is 12.1 Å². The standard InChI is InChI=1S/C10H6ClF2N/c11-8-3-4-14-9-2-1-6(10(12)13)5-7(8)9/h1-5,10H. The first-order chi connectivity index (χ1) is 6.68. The van der Waals surface area contributed by atoms with Crippen LogP contribution in [0, 0.1) is 0 Å². The van der Waals surface area contributed by atoms with Gasteiger partial charge in [-0.1, -0.05) is 17.7 Å². The van der Waals surface area contributed by atoms with Gasteiger partial charge in [0.1, 0.15) is 0 Å². The molecule has 0 saturated heterocycles. The molecule has 0 saturated carbocycles. The summed E-state index contributed by atoms with van der Waals surface area (Å²) in [6.07, 6.45) is -0.928. The van der Waals surface area contributed by atoms with Crippen LogP contribution in [-0.4, -0.2) is 4.98 Å². The molecule has 72 valence electrons. The average molecular weight is 214 g/mol. The van der Waals surface area contributed by atoms with Gasteiger partial charge in [-0.2, -0.15) is 0 Å². The first-order valence-corrected chi connectivity index (χ1v) is 4.38. The maximum Gasteiger partial charge on any atom is 0.263 e. The lowest BCUT2D eigenvalue weighted by Gasteiger charge is -2.02. The van der Waals surface area contributed by atoms with E-state index in [0.717, 1.165) is 0 Å². The van der Waals surface area contributed by atoms with Crippen LogP contribution < -0.4 is 0 Å². The number of hydrogen-bond donors (Lipinski definition) is 0. The van der Waals surface area contributed by atoms with Crippen molar-refractivity contribution in [3.05, 3.63) is 41.0 Å². The van der Waals surface area contributed by atoms with E-state index in [0.29, 0.717) is 15.9 Å². The molecule has 0 spiro atoms. The smallest absolute Gasteiger partial charge is 0.256 e. The number of aromatic nitrogens is 1. The van der Waals surface area contributed by atoms with Gasteiger partial charge in [0.2, 0.25) is 0 Å². The lowest BCUT2D eigenvalue weighted by molar-refractivity contribution is 0.151. The third kappa shape index (κ3) is 1.55. The Kier molecular flexibility index (Phi) is 2.33. The van der Waals surface area contributed by atoms with Gasteiger partial charge in [-0.3, -0.25) is 4.98 Å². The van der Waals surface area contributed by atoms with Crippen molar-refractivity contribution in [2.45, 2.75) is 6.43 Å². The van der Waals surface area contributed by atoms with Gasteiger partial charge < -0.3 is 0 Å². The second kappa shape index (κ2) is 3.50. The highest BCUT2D eigenvalue weighted by atomic mass is 35.5. The zero-order valence-corrected chi connectivity index (χ0v) is 7.80. The second-order valence-corrected chi connectivity index (χ2v) is 3.28. The molecule has 2 aromatic rings. The van der Waals surface area contributed by atoms with Crippen molar-refractivity contribution in [1.29, 1.82) is 0 Å². The molecule has 4 heteroatoms. The summed E-state index contributed by atoms with van der Waals surface area (Å²) in [4.78, 5) is 4.01. The van der Waals surface area contributed by atoms with Crippen molar-refractivity contribution in [3.8, 4) is 0 Å². The fourth-order valence-electron chi connectivity index (χ4n) is 1.27. The molecule has 0 N–H and O–H groups in total. The monoisotopic (exact) mass is 213 g/mol. The number of halogens is 3. The van der Waals surface area contributed by atoms with E-state index >= 15 is 0 Å². The summed E-state index contributed by atoms with van der Waals surface area (Å²) in [5.74, 6) is 0. The Morgan fingerprint density at radius 1 is 1.21 bits per heavy atom. The average Bonchev–Trinajstić information content (AvgIpc) is 2.18. The maximum absolute atomic E-state index is 12.4. The largest absolute Gasteiger partial charge is 0.263 e. The van der Waals surface area contributed by atoms with Crippen LogP contribution in [-0.2, 0) is 0 Å². The van der Waals surface area contributed by atoms with Gasteiger partial charge in [0.25, 0.3) is 6.43 Å². The molecule has 0 aliphatic carbocycles. The van der Waals surface area contributed by atoms with Crippen LogP contribution in [0.25, 0.3) is 10.9 Å².